The van der Waals surface area contributed by atoms with Crippen molar-refractivity contribution in [3.05, 3.63) is 35.4 Å². The average Bonchev–Trinajstić information content (AvgIpc) is 2.26. The van der Waals surface area contributed by atoms with E-state index in [2.05, 4.69) is 12.6 Å². The van der Waals surface area contributed by atoms with Crippen LogP contribution in [0.1, 0.15) is 17.2 Å². The lowest BCUT2D eigenvalue weighted by Crippen LogP contribution is -2.20. The van der Waals surface area contributed by atoms with Gasteiger partial charge in [0.15, 0.2) is 0 Å². The summed E-state index contributed by atoms with van der Waals surface area (Å²) in [4.78, 5) is 0. The number of thiol groups is 1. The third kappa shape index (κ3) is 2.48. The van der Waals surface area contributed by atoms with E-state index < -0.39 is 12.2 Å². The maximum atomic E-state index is 9.69. The molecule has 0 saturated heterocycles. The Balaban J connectivity index is 2.93. The molecular formula is C10H14O3S. The third-order valence-corrected chi connectivity index (χ3v) is 2.47. The Hall–Kier alpha value is -0.550. The monoisotopic (exact) mass is 214 g/mol. The molecule has 1 rings (SSSR count). The highest BCUT2D eigenvalue weighted by molar-refractivity contribution is 7.80. The minimum absolute atomic E-state index is 0.146. The molecule has 2 atom stereocenters. The van der Waals surface area contributed by atoms with Gasteiger partial charge >= 0.3 is 0 Å². The predicted octanol–water partition coefficient (Wildman–Crippen LogP) is 0.503. The molecule has 0 fully saturated rings. The van der Waals surface area contributed by atoms with Gasteiger partial charge in [-0.2, -0.15) is 12.6 Å². The van der Waals surface area contributed by atoms with Crippen LogP contribution < -0.4 is 0 Å². The van der Waals surface area contributed by atoms with Crippen molar-refractivity contribution in [1.82, 2.24) is 0 Å². The Kier molecular flexibility index (Phi) is 4.41. The number of aliphatic hydroxyl groups is 3. The molecule has 0 aliphatic rings. The summed E-state index contributed by atoms with van der Waals surface area (Å²) in [6.45, 7) is -0.146. The number of hydrogen-bond donors (Lipinski definition) is 4. The van der Waals surface area contributed by atoms with E-state index in [0.29, 0.717) is 11.1 Å². The number of benzene rings is 1. The summed E-state index contributed by atoms with van der Waals surface area (Å²) in [7, 11) is 0. The van der Waals surface area contributed by atoms with Crippen LogP contribution in [0.15, 0.2) is 24.3 Å². The Bertz CT molecular complexity index is 290. The molecule has 0 aliphatic heterocycles. The number of rotatable bonds is 4. The molecule has 1 aromatic rings. The van der Waals surface area contributed by atoms with E-state index in [1.54, 1.807) is 24.3 Å². The van der Waals surface area contributed by atoms with Crippen molar-refractivity contribution in [3.8, 4) is 0 Å². The summed E-state index contributed by atoms with van der Waals surface area (Å²) in [6.07, 6.45) is -1.90. The summed E-state index contributed by atoms with van der Waals surface area (Å²) in [5.41, 5.74) is 1.18. The molecule has 0 aromatic heterocycles. The van der Waals surface area contributed by atoms with Crippen LogP contribution in [0.4, 0.5) is 0 Å². The molecule has 0 aliphatic carbocycles. The fourth-order valence-corrected chi connectivity index (χ4v) is 1.47. The first kappa shape index (κ1) is 11.5. The highest BCUT2D eigenvalue weighted by atomic mass is 32.1. The summed E-state index contributed by atoms with van der Waals surface area (Å²) >= 11 is 3.90. The van der Waals surface area contributed by atoms with E-state index >= 15 is 0 Å². The van der Waals surface area contributed by atoms with Gasteiger partial charge in [0.05, 0.1) is 12.7 Å². The minimum Gasteiger partial charge on any atom is -0.392 e. The molecule has 1 aromatic carbocycles. The van der Waals surface area contributed by atoms with Crippen molar-refractivity contribution in [3.63, 3.8) is 0 Å². The van der Waals surface area contributed by atoms with Gasteiger partial charge in [0, 0.05) is 5.75 Å². The van der Waals surface area contributed by atoms with Crippen LogP contribution in [-0.2, 0) is 6.61 Å². The SMILES string of the molecule is OCc1ccccc1C(O)C(O)CS. The molecule has 0 saturated carbocycles. The van der Waals surface area contributed by atoms with Crippen LogP contribution in [0.5, 0.6) is 0 Å². The molecule has 3 N–H and O–H groups in total. The Morgan fingerprint density at radius 2 is 1.86 bits per heavy atom. The summed E-state index contributed by atoms with van der Waals surface area (Å²) in [5, 5.41) is 28.1. The van der Waals surface area contributed by atoms with E-state index in [1.165, 1.54) is 0 Å². The topological polar surface area (TPSA) is 60.7 Å². The largest absolute Gasteiger partial charge is 0.392 e. The van der Waals surface area contributed by atoms with Crippen LogP contribution in [0.25, 0.3) is 0 Å². The minimum atomic E-state index is -0.990. The van der Waals surface area contributed by atoms with Crippen LogP contribution in [0.3, 0.4) is 0 Å². The average molecular weight is 214 g/mol. The fourth-order valence-electron chi connectivity index (χ4n) is 1.27. The Labute approximate surface area is 88.4 Å². The van der Waals surface area contributed by atoms with Gasteiger partial charge in [0.25, 0.3) is 0 Å². The quantitative estimate of drug-likeness (QED) is 0.552. The van der Waals surface area contributed by atoms with Crippen LogP contribution in [0.2, 0.25) is 0 Å². The van der Waals surface area contributed by atoms with Gasteiger partial charge in [-0.25, -0.2) is 0 Å². The van der Waals surface area contributed by atoms with Gasteiger partial charge in [0.2, 0.25) is 0 Å². The van der Waals surface area contributed by atoms with Gasteiger partial charge in [-0.05, 0) is 11.1 Å². The lowest BCUT2D eigenvalue weighted by molar-refractivity contribution is 0.0325. The summed E-state index contributed by atoms with van der Waals surface area (Å²) in [6, 6.07) is 6.92. The first-order valence-corrected chi connectivity index (χ1v) is 4.99. The standard InChI is InChI=1S/C10H14O3S/c11-5-7-3-1-2-4-8(7)10(13)9(12)6-14/h1-4,9-14H,5-6H2. The zero-order valence-corrected chi connectivity index (χ0v) is 8.56. The Morgan fingerprint density at radius 3 is 2.43 bits per heavy atom. The van der Waals surface area contributed by atoms with E-state index in [4.69, 9.17) is 5.11 Å². The maximum Gasteiger partial charge on any atom is 0.106 e. The van der Waals surface area contributed by atoms with Crippen molar-refractivity contribution in [2.24, 2.45) is 0 Å². The van der Waals surface area contributed by atoms with E-state index in [1.807, 2.05) is 0 Å². The van der Waals surface area contributed by atoms with Crippen molar-refractivity contribution >= 4 is 12.6 Å². The molecule has 14 heavy (non-hydrogen) atoms. The van der Waals surface area contributed by atoms with Gasteiger partial charge in [-0.15, -0.1) is 0 Å². The lowest BCUT2D eigenvalue weighted by atomic mass is 10.00. The fraction of sp³-hybridized carbons (Fsp3) is 0.400. The molecule has 0 bridgehead atoms. The highest BCUT2D eigenvalue weighted by Gasteiger charge is 2.18. The van der Waals surface area contributed by atoms with Crippen LogP contribution in [0, 0.1) is 0 Å². The molecule has 0 radical (unpaired) electrons. The first-order valence-electron chi connectivity index (χ1n) is 4.36. The summed E-state index contributed by atoms with van der Waals surface area (Å²) in [5.74, 6) is 0.181. The van der Waals surface area contributed by atoms with Crippen molar-refractivity contribution < 1.29 is 15.3 Å². The highest BCUT2D eigenvalue weighted by Crippen LogP contribution is 2.21. The second kappa shape index (κ2) is 5.36. The third-order valence-electron chi connectivity index (χ3n) is 2.10. The van der Waals surface area contributed by atoms with Gasteiger partial charge in [-0.3, -0.25) is 0 Å². The summed E-state index contributed by atoms with van der Waals surface area (Å²) < 4.78 is 0. The molecular weight excluding hydrogens is 200 g/mol. The molecule has 3 nitrogen and oxygen atoms in total. The maximum absolute atomic E-state index is 9.69. The van der Waals surface area contributed by atoms with E-state index in [-0.39, 0.29) is 12.4 Å². The smallest absolute Gasteiger partial charge is 0.106 e. The normalized spacial score (nSPS) is 15.1. The van der Waals surface area contributed by atoms with Gasteiger partial charge in [-0.1, -0.05) is 24.3 Å². The van der Waals surface area contributed by atoms with Gasteiger partial charge in [0.1, 0.15) is 6.10 Å². The number of aliphatic hydroxyl groups excluding tert-OH is 3. The van der Waals surface area contributed by atoms with E-state index in [0.717, 1.165) is 0 Å². The van der Waals surface area contributed by atoms with Crippen molar-refractivity contribution in [2.75, 3.05) is 5.75 Å². The molecule has 0 amide bonds. The molecule has 78 valence electrons. The first-order chi connectivity index (χ1) is 6.70. The molecule has 2 unspecified atom stereocenters. The predicted molar refractivity (Wildman–Crippen MR) is 57.2 cm³/mol. The second-order valence-electron chi connectivity index (χ2n) is 3.05. The molecule has 4 heteroatoms. The zero-order valence-electron chi connectivity index (χ0n) is 7.67. The zero-order chi connectivity index (χ0) is 10.6. The lowest BCUT2D eigenvalue weighted by Gasteiger charge is -2.18. The molecule has 0 heterocycles. The van der Waals surface area contributed by atoms with Crippen molar-refractivity contribution in [1.29, 1.82) is 0 Å². The van der Waals surface area contributed by atoms with E-state index in [9.17, 15) is 10.2 Å². The molecule has 0 spiro atoms. The second-order valence-corrected chi connectivity index (χ2v) is 3.42. The van der Waals surface area contributed by atoms with Crippen LogP contribution in [-0.4, -0.2) is 27.2 Å². The van der Waals surface area contributed by atoms with Gasteiger partial charge < -0.3 is 15.3 Å². The Morgan fingerprint density at radius 1 is 1.21 bits per heavy atom. The number of hydrogen-bond acceptors (Lipinski definition) is 4. The van der Waals surface area contributed by atoms with Crippen molar-refractivity contribution in [2.45, 2.75) is 18.8 Å². The van der Waals surface area contributed by atoms with Crippen LogP contribution >= 0.6 is 12.6 Å².